The van der Waals surface area contributed by atoms with Crippen LogP contribution in [0.15, 0.2) is 53.7 Å². The van der Waals surface area contributed by atoms with Gasteiger partial charge in [-0.15, -0.1) is 5.10 Å². The van der Waals surface area contributed by atoms with Crippen molar-refractivity contribution in [2.75, 3.05) is 36.2 Å². The topological polar surface area (TPSA) is 85.2 Å². The second-order valence-corrected chi connectivity index (χ2v) is 7.92. The van der Waals surface area contributed by atoms with E-state index in [0.717, 1.165) is 35.9 Å². The summed E-state index contributed by atoms with van der Waals surface area (Å²) in [6.45, 7) is 2.05. The Labute approximate surface area is 179 Å². The molecule has 0 atom stereocenters. The van der Waals surface area contributed by atoms with Crippen LogP contribution in [0.1, 0.15) is 19.3 Å². The number of anilines is 2. The number of amides is 1. The first-order valence-electron chi connectivity index (χ1n) is 9.94. The molecule has 8 nitrogen and oxygen atoms in total. The molecule has 0 radical (unpaired) electrons. The van der Waals surface area contributed by atoms with Gasteiger partial charge >= 0.3 is 0 Å². The third-order valence-corrected chi connectivity index (χ3v) is 5.88. The number of ether oxygens (including phenoxy) is 1. The third kappa shape index (κ3) is 4.73. The zero-order valence-corrected chi connectivity index (χ0v) is 17.6. The van der Waals surface area contributed by atoms with E-state index >= 15 is 0 Å². The van der Waals surface area contributed by atoms with Gasteiger partial charge in [0.25, 0.3) is 0 Å². The highest BCUT2D eigenvalue weighted by atomic mass is 32.2. The van der Waals surface area contributed by atoms with Gasteiger partial charge in [-0.1, -0.05) is 23.9 Å². The second-order valence-electron chi connectivity index (χ2n) is 6.97. The number of benzene rings is 2. The number of thioether (sulfide) groups is 1. The summed E-state index contributed by atoms with van der Waals surface area (Å²) in [5, 5.41) is 15.4. The van der Waals surface area contributed by atoms with Crippen LogP contribution in [0.5, 0.6) is 5.75 Å². The van der Waals surface area contributed by atoms with Crippen molar-refractivity contribution in [3.8, 4) is 11.4 Å². The molecule has 0 saturated carbocycles. The van der Waals surface area contributed by atoms with E-state index in [0.29, 0.717) is 5.16 Å². The summed E-state index contributed by atoms with van der Waals surface area (Å²) >= 11 is 1.30. The van der Waals surface area contributed by atoms with Crippen molar-refractivity contribution in [3.05, 3.63) is 48.5 Å². The minimum atomic E-state index is -0.0891. The van der Waals surface area contributed by atoms with E-state index in [-0.39, 0.29) is 11.7 Å². The van der Waals surface area contributed by atoms with Gasteiger partial charge in [-0.05, 0) is 66.1 Å². The third-order valence-electron chi connectivity index (χ3n) is 4.97. The van der Waals surface area contributed by atoms with Crippen molar-refractivity contribution in [1.29, 1.82) is 0 Å². The van der Waals surface area contributed by atoms with Gasteiger partial charge in [-0.3, -0.25) is 4.79 Å². The number of hydrogen-bond acceptors (Lipinski definition) is 7. The minimum Gasteiger partial charge on any atom is -0.497 e. The Morgan fingerprint density at radius 3 is 2.63 bits per heavy atom. The van der Waals surface area contributed by atoms with Gasteiger partial charge in [0.2, 0.25) is 11.1 Å². The Hall–Kier alpha value is -3.07. The quantitative estimate of drug-likeness (QED) is 0.582. The summed E-state index contributed by atoms with van der Waals surface area (Å²) < 4.78 is 6.79. The molecule has 3 aromatic rings. The van der Waals surface area contributed by atoms with E-state index in [4.69, 9.17) is 4.74 Å². The first kappa shape index (κ1) is 20.2. The van der Waals surface area contributed by atoms with Crippen molar-refractivity contribution in [3.63, 3.8) is 0 Å². The first-order chi connectivity index (χ1) is 14.7. The van der Waals surface area contributed by atoms with Crippen molar-refractivity contribution in [2.45, 2.75) is 24.4 Å². The zero-order valence-electron chi connectivity index (χ0n) is 16.8. The Bertz CT molecular complexity index is 985. The van der Waals surface area contributed by atoms with Crippen molar-refractivity contribution in [1.82, 2.24) is 20.2 Å². The van der Waals surface area contributed by atoms with Gasteiger partial charge in [-0.25, -0.2) is 0 Å². The molecule has 2 heterocycles. The SMILES string of the molecule is COc1ccc(-n2nnnc2SCC(=O)Nc2ccccc2N2CCCCC2)cc1. The fraction of sp³-hybridized carbons (Fsp3) is 0.333. The molecule has 1 aromatic heterocycles. The highest BCUT2D eigenvalue weighted by Crippen LogP contribution is 2.28. The van der Waals surface area contributed by atoms with Crippen LogP contribution in [0.3, 0.4) is 0 Å². The lowest BCUT2D eigenvalue weighted by Crippen LogP contribution is -2.30. The van der Waals surface area contributed by atoms with Crippen molar-refractivity contribution in [2.24, 2.45) is 0 Å². The molecule has 1 fully saturated rings. The fourth-order valence-corrected chi connectivity index (χ4v) is 4.15. The van der Waals surface area contributed by atoms with Crippen LogP contribution < -0.4 is 15.0 Å². The summed E-state index contributed by atoms with van der Waals surface area (Å²) in [6.07, 6.45) is 3.64. The zero-order chi connectivity index (χ0) is 20.8. The maximum Gasteiger partial charge on any atom is 0.234 e. The number of carbonyl (C=O) groups is 1. The molecule has 1 N–H and O–H groups in total. The molecular formula is C21H24N6O2S. The minimum absolute atomic E-state index is 0.0891. The smallest absolute Gasteiger partial charge is 0.234 e. The highest BCUT2D eigenvalue weighted by Gasteiger charge is 2.16. The molecule has 1 amide bonds. The molecule has 9 heteroatoms. The Morgan fingerprint density at radius 2 is 1.87 bits per heavy atom. The molecule has 0 bridgehead atoms. The monoisotopic (exact) mass is 424 g/mol. The van der Waals surface area contributed by atoms with Gasteiger partial charge in [0, 0.05) is 13.1 Å². The average Bonchev–Trinajstić information content (AvgIpc) is 3.27. The first-order valence-corrected chi connectivity index (χ1v) is 10.9. The Morgan fingerprint density at radius 1 is 1.10 bits per heavy atom. The lowest BCUT2D eigenvalue weighted by molar-refractivity contribution is -0.113. The van der Waals surface area contributed by atoms with E-state index in [2.05, 4.69) is 31.8 Å². The fourth-order valence-electron chi connectivity index (χ4n) is 3.46. The van der Waals surface area contributed by atoms with E-state index in [9.17, 15) is 4.79 Å². The van der Waals surface area contributed by atoms with Gasteiger partial charge in [0.1, 0.15) is 5.75 Å². The molecule has 0 unspecified atom stereocenters. The molecule has 30 heavy (non-hydrogen) atoms. The lowest BCUT2D eigenvalue weighted by atomic mass is 10.1. The molecule has 156 valence electrons. The van der Waals surface area contributed by atoms with Gasteiger partial charge in [-0.2, -0.15) is 4.68 Å². The molecule has 0 spiro atoms. The largest absolute Gasteiger partial charge is 0.497 e. The lowest BCUT2D eigenvalue weighted by Gasteiger charge is -2.30. The predicted molar refractivity (Wildman–Crippen MR) is 118 cm³/mol. The standard InChI is InChI=1S/C21H24N6O2S/c1-29-17-11-9-16(10-12-17)27-21(23-24-25-27)30-15-20(28)22-18-7-3-4-8-19(18)26-13-5-2-6-14-26/h3-4,7-12H,2,5-6,13-15H2,1H3,(H,22,28). The Balaban J connectivity index is 1.40. The van der Waals surface area contributed by atoms with Crippen LogP contribution in [-0.4, -0.2) is 52.1 Å². The van der Waals surface area contributed by atoms with Crippen molar-refractivity contribution < 1.29 is 9.53 Å². The van der Waals surface area contributed by atoms with Gasteiger partial charge < -0.3 is 15.0 Å². The van der Waals surface area contributed by atoms with E-state index in [1.807, 2.05) is 42.5 Å². The maximum atomic E-state index is 12.6. The number of carbonyl (C=O) groups excluding carboxylic acids is 1. The highest BCUT2D eigenvalue weighted by molar-refractivity contribution is 7.99. The number of piperidine rings is 1. The van der Waals surface area contributed by atoms with Gasteiger partial charge in [0.05, 0.1) is 29.9 Å². The molecular weight excluding hydrogens is 400 g/mol. The summed E-state index contributed by atoms with van der Waals surface area (Å²) in [5.74, 6) is 0.881. The molecule has 2 aromatic carbocycles. The second kappa shape index (κ2) is 9.62. The number of rotatable bonds is 7. The molecule has 0 aliphatic carbocycles. The van der Waals surface area contributed by atoms with Gasteiger partial charge in [0.15, 0.2) is 0 Å². The Kier molecular flexibility index (Phi) is 6.48. The summed E-state index contributed by atoms with van der Waals surface area (Å²) in [6, 6.07) is 15.4. The molecule has 4 rings (SSSR count). The summed E-state index contributed by atoms with van der Waals surface area (Å²) in [5.41, 5.74) is 2.73. The van der Waals surface area contributed by atoms with E-state index in [1.54, 1.807) is 11.8 Å². The molecule has 1 aliphatic rings. The molecule has 1 aliphatic heterocycles. The predicted octanol–water partition coefficient (Wildman–Crippen LogP) is 3.39. The number of tetrazole rings is 1. The summed E-state index contributed by atoms with van der Waals surface area (Å²) in [4.78, 5) is 15.0. The van der Waals surface area contributed by atoms with Crippen LogP contribution in [0.25, 0.3) is 5.69 Å². The number of para-hydroxylation sites is 2. The van der Waals surface area contributed by atoms with Crippen molar-refractivity contribution >= 4 is 29.0 Å². The molecule has 1 saturated heterocycles. The van der Waals surface area contributed by atoms with E-state index in [1.165, 1.54) is 31.0 Å². The van der Waals surface area contributed by atoms with Crippen LogP contribution in [0.2, 0.25) is 0 Å². The normalized spacial score (nSPS) is 13.8. The van der Waals surface area contributed by atoms with Crippen LogP contribution in [-0.2, 0) is 4.79 Å². The van der Waals surface area contributed by atoms with Crippen LogP contribution in [0.4, 0.5) is 11.4 Å². The number of methoxy groups -OCH3 is 1. The number of nitrogens with one attached hydrogen (secondary N) is 1. The van der Waals surface area contributed by atoms with Crippen LogP contribution in [0, 0.1) is 0 Å². The number of hydrogen-bond donors (Lipinski definition) is 1. The van der Waals surface area contributed by atoms with Crippen LogP contribution >= 0.6 is 11.8 Å². The number of aromatic nitrogens is 4. The number of nitrogens with zero attached hydrogens (tertiary/aromatic N) is 5. The van der Waals surface area contributed by atoms with E-state index < -0.39 is 0 Å². The summed E-state index contributed by atoms with van der Waals surface area (Å²) in [7, 11) is 1.62. The maximum absolute atomic E-state index is 12.6. The average molecular weight is 425 g/mol.